The molecule has 0 radical (unpaired) electrons. The summed E-state index contributed by atoms with van der Waals surface area (Å²) in [6.45, 7) is 2.15. The summed E-state index contributed by atoms with van der Waals surface area (Å²) >= 11 is 0. The van der Waals surface area contributed by atoms with Crippen molar-refractivity contribution in [2.75, 3.05) is 0 Å². The van der Waals surface area contributed by atoms with Crippen LogP contribution in [0, 0.1) is 0 Å². The van der Waals surface area contributed by atoms with Crippen molar-refractivity contribution in [3.63, 3.8) is 0 Å². The van der Waals surface area contributed by atoms with Gasteiger partial charge in [-0.3, -0.25) is 4.79 Å². The van der Waals surface area contributed by atoms with Gasteiger partial charge in [-0.05, 0) is 32.1 Å². The monoisotopic (exact) mass is 334 g/mol. The molecule has 22 heavy (non-hydrogen) atoms. The van der Waals surface area contributed by atoms with E-state index in [4.69, 9.17) is 5.11 Å². The summed E-state index contributed by atoms with van der Waals surface area (Å²) in [4.78, 5) is 29.6. The molecule has 0 spiro atoms. The number of carbonyl (C=O) groups excluding carboxylic acids is 2. The number of aliphatic carboxylic acids is 3. The Bertz CT molecular complexity index is 269. The predicted octanol–water partition coefficient (Wildman–Crippen LogP) is -5.51. The molecule has 0 aromatic heterocycles. The molecule has 0 aliphatic rings. The molecule has 8 heteroatoms. The van der Waals surface area contributed by atoms with Crippen molar-refractivity contribution in [2.45, 2.75) is 71.1 Å². The third-order valence-corrected chi connectivity index (χ3v) is 2.51. The average Bonchev–Trinajstić information content (AvgIpc) is 2.34. The summed E-state index contributed by atoms with van der Waals surface area (Å²) in [6, 6.07) is 0. The van der Waals surface area contributed by atoms with Crippen LogP contribution in [0.1, 0.15) is 71.1 Å². The molecule has 0 aliphatic carbocycles. The summed E-state index contributed by atoms with van der Waals surface area (Å²) in [6.07, 6.45) is 6.42. The van der Waals surface area contributed by atoms with E-state index in [0.717, 1.165) is 12.8 Å². The number of hydrogen-bond donors (Lipinski definition) is 1. The first-order chi connectivity index (χ1) is 9.40. The summed E-state index contributed by atoms with van der Waals surface area (Å²) in [5.41, 5.74) is 0. The van der Waals surface area contributed by atoms with Gasteiger partial charge in [0.05, 0.1) is 0 Å². The maximum Gasteiger partial charge on any atom is 1.00 e. The molecule has 6 nitrogen and oxygen atoms in total. The van der Waals surface area contributed by atoms with Crippen LogP contribution >= 0.6 is 0 Å². The molecule has 0 amide bonds. The van der Waals surface area contributed by atoms with E-state index in [-0.39, 0.29) is 72.0 Å². The second-order valence-electron chi connectivity index (χ2n) is 4.51. The van der Waals surface area contributed by atoms with Gasteiger partial charge in [0.1, 0.15) is 0 Å². The standard InChI is InChI=1S/C8H16O2.C6H10O4.2Na/c1-2-3-4-5-6-7-8(9)10;7-5(8)3-1-2-4-6(9)10;;/h2-7H2,1H3,(H,9,10);1-4H2,(H,7,8)(H,9,10);;/q;;2*+1/p-2. The quantitative estimate of drug-likeness (QED) is 0.297. The number of unbranched alkanes of at least 4 members (excludes halogenated alkanes) is 5. The fraction of sp³-hybridized carbons (Fsp3) is 0.786. The molecule has 0 fully saturated rings. The van der Waals surface area contributed by atoms with E-state index in [0.29, 0.717) is 19.3 Å². The molecule has 118 valence electrons. The van der Waals surface area contributed by atoms with Gasteiger partial charge in [-0.2, -0.15) is 0 Å². The van der Waals surface area contributed by atoms with Crippen molar-refractivity contribution in [1.82, 2.24) is 0 Å². The largest absolute Gasteiger partial charge is 1.00 e. The Morgan fingerprint density at radius 3 is 1.41 bits per heavy atom. The van der Waals surface area contributed by atoms with Crippen LogP contribution in [-0.4, -0.2) is 23.0 Å². The smallest absolute Gasteiger partial charge is 0.550 e. The van der Waals surface area contributed by atoms with Crippen molar-refractivity contribution < 1.29 is 88.8 Å². The fourth-order valence-electron chi connectivity index (χ4n) is 1.42. The van der Waals surface area contributed by atoms with E-state index in [2.05, 4.69) is 6.92 Å². The zero-order valence-electron chi connectivity index (χ0n) is 14.1. The molecule has 1 N–H and O–H groups in total. The van der Waals surface area contributed by atoms with Crippen molar-refractivity contribution in [1.29, 1.82) is 0 Å². The molecule has 0 saturated heterocycles. The van der Waals surface area contributed by atoms with Gasteiger partial charge >= 0.3 is 65.1 Å². The van der Waals surface area contributed by atoms with Crippen LogP contribution < -0.4 is 69.3 Å². The first-order valence-corrected chi connectivity index (χ1v) is 7.01. The summed E-state index contributed by atoms with van der Waals surface area (Å²) in [5, 5.41) is 27.8. The molecule has 0 aliphatic heterocycles. The molecule has 0 atom stereocenters. The van der Waals surface area contributed by atoms with Crippen LogP contribution in [0.5, 0.6) is 0 Å². The number of carboxylic acids is 3. The third kappa shape index (κ3) is 37.0. The van der Waals surface area contributed by atoms with Crippen LogP contribution in [0.3, 0.4) is 0 Å². The number of rotatable bonds is 11. The topological polar surface area (TPSA) is 118 Å². The first kappa shape index (κ1) is 30.3. The van der Waals surface area contributed by atoms with Crippen molar-refractivity contribution in [3.05, 3.63) is 0 Å². The minimum absolute atomic E-state index is 0. The van der Waals surface area contributed by atoms with E-state index in [9.17, 15) is 24.6 Å². The van der Waals surface area contributed by atoms with Crippen LogP contribution in [0.15, 0.2) is 0 Å². The van der Waals surface area contributed by atoms with Gasteiger partial charge in [-0.25, -0.2) is 0 Å². The van der Waals surface area contributed by atoms with E-state index in [1.165, 1.54) is 19.3 Å². The van der Waals surface area contributed by atoms with Crippen molar-refractivity contribution >= 4 is 17.9 Å². The number of hydrogen-bond acceptors (Lipinski definition) is 5. The van der Waals surface area contributed by atoms with E-state index in [1.54, 1.807) is 0 Å². The first-order valence-electron chi connectivity index (χ1n) is 7.01. The van der Waals surface area contributed by atoms with Crippen LogP contribution in [-0.2, 0) is 14.4 Å². The van der Waals surface area contributed by atoms with Gasteiger partial charge in [0.2, 0.25) is 0 Å². The fourth-order valence-corrected chi connectivity index (χ4v) is 1.42. The second-order valence-corrected chi connectivity index (χ2v) is 4.51. The third-order valence-electron chi connectivity index (χ3n) is 2.51. The minimum Gasteiger partial charge on any atom is -0.550 e. The molecule has 0 heterocycles. The zero-order chi connectivity index (χ0) is 15.8. The number of carbonyl (C=O) groups is 3. The SMILES string of the molecule is CCCCCCCC(=O)O.O=C([O-])CCCCC(=O)[O-].[Na+].[Na+]. The summed E-state index contributed by atoms with van der Waals surface area (Å²) in [5.74, 6) is -2.95. The Labute approximate surface area is 176 Å². The molecule has 0 bridgehead atoms. The normalized spacial score (nSPS) is 8.59. The predicted molar refractivity (Wildman–Crippen MR) is 69.5 cm³/mol. The van der Waals surface area contributed by atoms with Crippen LogP contribution in [0.4, 0.5) is 0 Å². The van der Waals surface area contributed by atoms with Crippen LogP contribution in [0.2, 0.25) is 0 Å². The number of carboxylic acid groups (broad SMARTS) is 3. The van der Waals surface area contributed by atoms with Gasteiger partial charge < -0.3 is 24.9 Å². The molecule has 0 aromatic carbocycles. The zero-order valence-corrected chi connectivity index (χ0v) is 18.1. The van der Waals surface area contributed by atoms with Gasteiger partial charge in [0.25, 0.3) is 0 Å². The minimum atomic E-state index is -1.14. The summed E-state index contributed by atoms with van der Waals surface area (Å²) < 4.78 is 0. The Morgan fingerprint density at radius 2 is 1.09 bits per heavy atom. The Kier molecular flexibility index (Phi) is 32.6. The molecule has 0 saturated carbocycles. The molecular weight excluding hydrogens is 310 g/mol. The summed E-state index contributed by atoms with van der Waals surface area (Å²) in [7, 11) is 0. The van der Waals surface area contributed by atoms with Gasteiger partial charge in [-0.15, -0.1) is 0 Å². The molecule has 0 rings (SSSR count). The van der Waals surface area contributed by atoms with Gasteiger partial charge in [0.15, 0.2) is 0 Å². The Morgan fingerprint density at radius 1 is 0.727 bits per heavy atom. The molecule has 0 aromatic rings. The van der Waals surface area contributed by atoms with Gasteiger partial charge in [-0.1, -0.05) is 32.6 Å². The maximum atomic E-state index is 10.0. The van der Waals surface area contributed by atoms with E-state index >= 15 is 0 Å². The van der Waals surface area contributed by atoms with Crippen LogP contribution in [0.25, 0.3) is 0 Å². The van der Waals surface area contributed by atoms with E-state index < -0.39 is 17.9 Å². The maximum absolute atomic E-state index is 10.0. The van der Waals surface area contributed by atoms with Crippen molar-refractivity contribution in [3.8, 4) is 0 Å². The molecular formula is C14H24Na2O6. The van der Waals surface area contributed by atoms with Gasteiger partial charge in [0, 0.05) is 18.4 Å². The average molecular weight is 334 g/mol. The Balaban J connectivity index is -0.000000135. The molecule has 0 unspecified atom stereocenters. The van der Waals surface area contributed by atoms with Crippen molar-refractivity contribution in [2.24, 2.45) is 0 Å². The van der Waals surface area contributed by atoms with E-state index in [1.807, 2.05) is 0 Å². The Hall–Kier alpha value is 0.410. The second kappa shape index (κ2) is 23.7.